The molecule has 4 heteroatoms. The highest BCUT2D eigenvalue weighted by Gasteiger charge is 2.26. The average Bonchev–Trinajstić information content (AvgIpc) is 2.12. The Morgan fingerprint density at radius 3 is 3.08 bits per heavy atom. The summed E-state index contributed by atoms with van der Waals surface area (Å²) in [6.07, 6.45) is -0.614. The molecule has 0 aliphatic carbocycles. The first-order chi connectivity index (χ1) is 6.18. The predicted octanol–water partition coefficient (Wildman–Crippen LogP) is 1.20. The molecule has 1 aliphatic rings. The number of rotatable bonds is 0. The molecule has 0 aromatic heterocycles. The van der Waals surface area contributed by atoms with E-state index < -0.39 is 6.10 Å². The van der Waals surface area contributed by atoms with Gasteiger partial charge in [-0.1, -0.05) is 22.0 Å². The number of hydrogen-bond acceptors (Lipinski definition) is 3. The molecule has 0 fully saturated rings. The predicted molar refractivity (Wildman–Crippen MR) is 52.6 cm³/mol. The van der Waals surface area contributed by atoms with E-state index in [9.17, 15) is 5.11 Å². The maximum atomic E-state index is 9.70. The summed E-state index contributed by atoms with van der Waals surface area (Å²) < 4.78 is 6.31. The van der Waals surface area contributed by atoms with Crippen LogP contribution in [0.5, 0.6) is 5.75 Å². The van der Waals surface area contributed by atoms with Crippen molar-refractivity contribution in [2.45, 2.75) is 12.1 Å². The van der Waals surface area contributed by atoms with E-state index in [-0.39, 0.29) is 6.04 Å². The number of hydrogen-bond donors (Lipinski definition) is 2. The van der Waals surface area contributed by atoms with Crippen molar-refractivity contribution in [2.75, 3.05) is 6.61 Å². The largest absolute Gasteiger partial charge is 0.491 e. The molecule has 2 atom stereocenters. The fourth-order valence-electron chi connectivity index (χ4n) is 1.39. The molecular weight excluding hydrogens is 234 g/mol. The van der Waals surface area contributed by atoms with Crippen LogP contribution in [0, 0.1) is 0 Å². The Morgan fingerprint density at radius 1 is 1.54 bits per heavy atom. The molecule has 1 aliphatic heterocycles. The van der Waals surface area contributed by atoms with Gasteiger partial charge in [0.15, 0.2) is 0 Å². The normalized spacial score (nSPS) is 26.4. The van der Waals surface area contributed by atoms with E-state index in [2.05, 4.69) is 15.9 Å². The van der Waals surface area contributed by atoms with Crippen LogP contribution in [-0.4, -0.2) is 17.8 Å². The van der Waals surface area contributed by atoms with E-state index in [0.717, 1.165) is 10.0 Å². The minimum Gasteiger partial charge on any atom is -0.491 e. The van der Waals surface area contributed by atoms with Gasteiger partial charge < -0.3 is 15.6 Å². The summed E-state index contributed by atoms with van der Waals surface area (Å²) >= 11 is 3.33. The van der Waals surface area contributed by atoms with Crippen LogP contribution < -0.4 is 10.5 Å². The van der Waals surface area contributed by atoms with Gasteiger partial charge in [-0.25, -0.2) is 0 Å². The third-order valence-corrected chi connectivity index (χ3v) is 2.62. The molecule has 2 rings (SSSR count). The smallest absolute Gasteiger partial charge is 0.126 e. The zero-order valence-corrected chi connectivity index (χ0v) is 8.49. The Labute approximate surface area is 84.6 Å². The standard InChI is InChI=1S/C9H10BrNO2/c10-5-1-2-6-8(3-5)13-4-7(11)9(6)12/h1-3,7,9,12H,4,11H2. The van der Waals surface area contributed by atoms with Crippen molar-refractivity contribution in [3.8, 4) is 5.75 Å². The van der Waals surface area contributed by atoms with Crippen molar-refractivity contribution in [3.63, 3.8) is 0 Å². The van der Waals surface area contributed by atoms with Crippen LogP contribution in [0.1, 0.15) is 11.7 Å². The maximum Gasteiger partial charge on any atom is 0.126 e. The monoisotopic (exact) mass is 243 g/mol. The van der Waals surface area contributed by atoms with Gasteiger partial charge in [-0.15, -0.1) is 0 Å². The molecule has 0 bridgehead atoms. The van der Waals surface area contributed by atoms with E-state index in [1.807, 2.05) is 18.2 Å². The van der Waals surface area contributed by atoms with Crippen LogP contribution in [-0.2, 0) is 0 Å². The maximum absolute atomic E-state index is 9.70. The van der Waals surface area contributed by atoms with Gasteiger partial charge in [-0.05, 0) is 12.1 Å². The minimum atomic E-state index is -0.614. The van der Waals surface area contributed by atoms with E-state index in [1.165, 1.54) is 0 Å². The molecule has 3 N–H and O–H groups in total. The molecule has 3 nitrogen and oxygen atoms in total. The number of benzene rings is 1. The summed E-state index contributed by atoms with van der Waals surface area (Å²) in [5, 5.41) is 9.70. The van der Waals surface area contributed by atoms with Gasteiger partial charge in [0, 0.05) is 10.0 Å². The van der Waals surface area contributed by atoms with E-state index in [0.29, 0.717) is 12.4 Å². The van der Waals surface area contributed by atoms with Crippen LogP contribution in [0.4, 0.5) is 0 Å². The van der Waals surface area contributed by atoms with Crippen LogP contribution in [0.25, 0.3) is 0 Å². The zero-order valence-electron chi connectivity index (χ0n) is 6.90. The lowest BCUT2D eigenvalue weighted by Crippen LogP contribution is -2.38. The van der Waals surface area contributed by atoms with Crippen LogP contribution >= 0.6 is 15.9 Å². The van der Waals surface area contributed by atoms with Crippen LogP contribution in [0.2, 0.25) is 0 Å². The molecule has 1 aromatic carbocycles. The molecule has 0 spiro atoms. The summed E-state index contributed by atoms with van der Waals surface area (Å²) in [6, 6.07) is 5.20. The van der Waals surface area contributed by atoms with Crippen LogP contribution in [0.15, 0.2) is 22.7 Å². The number of halogens is 1. The summed E-state index contributed by atoms with van der Waals surface area (Å²) in [5.41, 5.74) is 6.41. The molecule has 0 saturated carbocycles. The first-order valence-corrected chi connectivity index (χ1v) is 4.83. The molecule has 2 unspecified atom stereocenters. The number of ether oxygens (including phenoxy) is 1. The molecule has 0 radical (unpaired) electrons. The number of aliphatic hydroxyl groups is 1. The second kappa shape index (κ2) is 3.29. The fraction of sp³-hybridized carbons (Fsp3) is 0.333. The lowest BCUT2D eigenvalue weighted by molar-refractivity contribution is 0.0915. The van der Waals surface area contributed by atoms with Gasteiger partial charge in [0.1, 0.15) is 18.5 Å². The summed E-state index contributed by atoms with van der Waals surface area (Å²) in [6.45, 7) is 0.366. The molecule has 70 valence electrons. The van der Waals surface area contributed by atoms with Crippen molar-refractivity contribution >= 4 is 15.9 Å². The van der Waals surface area contributed by atoms with Crippen molar-refractivity contribution in [1.29, 1.82) is 0 Å². The lowest BCUT2D eigenvalue weighted by atomic mass is 10.0. The van der Waals surface area contributed by atoms with Gasteiger partial charge in [-0.2, -0.15) is 0 Å². The van der Waals surface area contributed by atoms with Crippen LogP contribution in [0.3, 0.4) is 0 Å². The van der Waals surface area contributed by atoms with E-state index in [1.54, 1.807) is 0 Å². The number of nitrogens with two attached hydrogens (primary N) is 1. The van der Waals surface area contributed by atoms with Gasteiger partial charge in [-0.3, -0.25) is 0 Å². The zero-order chi connectivity index (χ0) is 9.42. The molecule has 1 heterocycles. The van der Waals surface area contributed by atoms with Gasteiger partial charge in [0.25, 0.3) is 0 Å². The van der Waals surface area contributed by atoms with Gasteiger partial charge in [0.2, 0.25) is 0 Å². The Hall–Kier alpha value is -0.580. The summed E-state index contributed by atoms with van der Waals surface area (Å²) in [5.74, 6) is 0.712. The molecule has 13 heavy (non-hydrogen) atoms. The Morgan fingerprint density at radius 2 is 2.31 bits per heavy atom. The number of fused-ring (bicyclic) bond motifs is 1. The van der Waals surface area contributed by atoms with Crippen molar-refractivity contribution < 1.29 is 9.84 Å². The topological polar surface area (TPSA) is 55.5 Å². The van der Waals surface area contributed by atoms with Crippen molar-refractivity contribution in [2.24, 2.45) is 5.73 Å². The SMILES string of the molecule is NC1COc2cc(Br)ccc2C1O. The van der Waals surface area contributed by atoms with Gasteiger partial charge in [0.05, 0.1) is 6.04 Å². The number of aliphatic hydroxyl groups excluding tert-OH is 1. The summed E-state index contributed by atoms with van der Waals surface area (Å²) in [4.78, 5) is 0. The highest BCUT2D eigenvalue weighted by Crippen LogP contribution is 2.33. The second-order valence-corrected chi connectivity index (χ2v) is 4.02. The lowest BCUT2D eigenvalue weighted by Gasteiger charge is -2.27. The Kier molecular flexibility index (Phi) is 2.27. The third-order valence-electron chi connectivity index (χ3n) is 2.13. The van der Waals surface area contributed by atoms with Crippen molar-refractivity contribution in [1.82, 2.24) is 0 Å². The second-order valence-electron chi connectivity index (χ2n) is 3.10. The molecular formula is C9H10BrNO2. The van der Waals surface area contributed by atoms with Crippen molar-refractivity contribution in [3.05, 3.63) is 28.2 Å². The average molecular weight is 244 g/mol. The Bertz CT molecular complexity index is 329. The quantitative estimate of drug-likeness (QED) is 0.721. The minimum absolute atomic E-state index is 0.325. The van der Waals surface area contributed by atoms with E-state index in [4.69, 9.17) is 10.5 Å². The highest BCUT2D eigenvalue weighted by molar-refractivity contribution is 9.10. The highest BCUT2D eigenvalue weighted by atomic mass is 79.9. The molecule has 0 saturated heterocycles. The first kappa shape index (κ1) is 8.99. The molecule has 1 aromatic rings. The van der Waals surface area contributed by atoms with E-state index >= 15 is 0 Å². The fourth-order valence-corrected chi connectivity index (χ4v) is 1.73. The Balaban J connectivity index is 2.44. The third kappa shape index (κ3) is 1.57. The molecule has 0 amide bonds. The van der Waals surface area contributed by atoms with Gasteiger partial charge >= 0.3 is 0 Å². The summed E-state index contributed by atoms with van der Waals surface area (Å²) in [7, 11) is 0. The first-order valence-electron chi connectivity index (χ1n) is 4.04.